The highest BCUT2D eigenvalue weighted by molar-refractivity contribution is 7.15. The summed E-state index contributed by atoms with van der Waals surface area (Å²) in [5.74, 6) is -0.349. The van der Waals surface area contributed by atoms with Crippen LogP contribution in [0.5, 0.6) is 0 Å². The van der Waals surface area contributed by atoms with Crippen molar-refractivity contribution >= 4 is 45.6 Å². The predicted molar refractivity (Wildman–Crippen MR) is 138 cm³/mol. The molecule has 0 radical (unpaired) electrons. The molecule has 0 aliphatic carbocycles. The van der Waals surface area contributed by atoms with Crippen LogP contribution in [0.2, 0.25) is 0 Å². The molecule has 35 heavy (non-hydrogen) atoms. The number of amides is 3. The van der Waals surface area contributed by atoms with E-state index < -0.39 is 0 Å². The zero-order valence-corrected chi connectivity index (χ0v) is 20.7. The van der Waals surface area contributed by atoms with E-state index >= 15 is 0 Å². The van der Waals surface area contributed by atoms with Crippen LogP contribution in [0.4, 0.5) is 16.5 Å². The van der Waals surface area contributed by atoms with Gasteiger partial charge in [0, 0.05) is 42.2 Å². The Balaban J connectivity index is 1.34. The number of aryl methyl sites for hydroxylation is 1. The smallest absolute Gasteiger partial charge is 0.257 e. The highest BCUT2D eigenvalue weighted by Crippen LogP contribution is 2.34. The van der Waals surface area contributed by atoms with Crippen LogP contribution in [0.15, 0.2) is 48.5 Å². The standard InChI is InChI=1S/C26H29N5O3S/c1-3-5-6-22(32)27-20-11-9-18(10-12-20)24(34)28-26-30-29-25(35-26)19-15-23(33)31(16-19)21-13-7-17(4-2)8-14-21/h7-14,19H,3-6,15-16H2,1-2H3,(H,27,32)(H,28,30,34). The molecule has 3 amide bonds. The quantitative estimate of drug-likeness (QED) is 0.438. The molecule has 1 atom stereocenters. The van der Waals surface area contributed by atoms with Crippen molar-refractivity contribution in [2.75, 3.05) is 22.1 Å². The predicted octanol–water partition coefficient (Wildman–Crippen LogP) is 5.00. The normalized spacial score (nSPS) is 15.3. The molecule has 8 nitrogen and oxygen atoms in total. The molecule has 4 rings (SSSR count). The molecule has 182 valence electrons. The maximum absolute atomic E-state index is 12.6. The van der Waals surface area contributed by atoms with Crippen molar-refractivity contribution in [1.29, 1.82) is 0 Å². The fourth-order valence-electron chi connectivity index (χ4n) is 3.92. The van der Waals surface area contributed by atoms with E-state index in [2.05, 4.69) is 27.8 Å². The first kappa shape index (κ1) is 24.5. The number of anilines is 3. The Kier molecular flexibility index (Phi) is 7.87. The van der Waals surface area contributed by atoms with Crippen molar-refractivity contribution in [2.45, 2.75) is 51.9 Å². The van der Waals surface area contributed by atoms with Gasteiger partial charge in [-0.1, -0.05) is 43.7 Å². The van der Waals surface area contributed by atoms with E-state index in [-0.39, 0.29) is 23.6 Å². The van der Waals surface area contributed by atoms with Gasteiger partial charge in [-0.2, -0.15) is 0 Å². The molecule has 2 aromatic carbocycles. The van der Waals surface area contributed by atoms with Gasteiger partial charge >= 0.3 is 0 Å². The SMILES string of the molecule is CCCCC(=O)Nc1ccc(C(=O)Nc2nnc(C3CC(=O)N(c4ccc(CC)cc4)C3)s2)cc1. The van der Waals surface area contributed by atoms with Crippen molar-refractivity contribution in [3.8, 4) is 0 Å². The van der Waals surface area contributed by atoms with Crippen LogP contribution in [0.25, 0.3) is 0 Å². The van der Waals surface area contributed by atoms with E-state index in [9.17, 15) is 14.4 Å². The van der Waals surface area contributed by atoms with Crippen molar-refractivity contribution in [3.63, 3.8) is 0 Å². The van der Waals surface area contributed by atoms with Crippen LogP contribution in [-0.2, 0) is 16.0 Å². The highest BCUT2D eigenvalue weighted by Gasteiger charge is 2.34. The maximum Gasteiger partial charge on any atom is 0.257 e. The Morgan fingerprint density at radius 3 is 2.46 bits per heavy atom. The van der Waals surface area contributed by atoms with Crippen molar-refractivity contribution in [3.05, 3.63) is 64.7 Å². The minimum atomic E-state index is -0.309. The van der Waals surface area contributed by atoms with E-state index in [1.165, 1.54) is 16.9 Å². The molecule has 1 fully saturated rings. The van der Waals surface area contributed by atoms with E-state index in [0.717, 1.165) is 30.0 Å². The van der Waals surface area contributed by atoms with Gasteiger partial charge in [0.2, 0.25) is 16.9 Å². The van der Waals surface area contributed by atoms with Gasteiger partial charge in [-0.3, -0.25) is 19.7 Å². The van der Waals surface area contributed by atoms with Gasteiger partial charge in [0.05, 0.1) is 0 Å². The third-order valence-corrected chi connectivity index (χ3v) is 6.98. The maximum atomic E-state index is 12.6. The lowest BCUT2D eigenvalue weighted by Gasteiger charge is -2.16. The minimum Gasteiger partial charge on any atom is -0.326 e. The molecule has 1 aliphatic heterocycles. The number of hydrogen-bond donors (Lipinski definition) is 2. The molecule has 1 aliphatic rings. The summed E-state index contributed by atoms with van der Waals surface area (Å²) < 4.78 is 0. The summed E-state index contributed by atoms with van der Waals surface area (Å²) in [5.41, 5.74) is 3.22. The number of carbonyl (C=O) groups excluding carboxylic acids is 3. The molecule has 2 heterocycles. The van der Waals surface area contributed by atoms with Crippen molar-refractivity contribution in [2.24, 2.45) is 0 Å². The van der Waals surface area contributed by atoms with Crippen LogP contribution in [-0.4, -0.2) is 34.5 Å². The number of rotatable bonds is 9. The van der Waals surface area contributed by atoms with Crippen LogP contribution in [0.1, 0.15) is 66.4 Å². The molecule has 1 aromatic heterocycles. The highest BCUT2D eigenvalue weighted by atomic mass is 32.1. The lowest BCUT2D eigenvalue weighted by Crippen LogP contribution is -2.24. The molecule has 0 saturated carbocycles. The monoisotopic (exact) mass is 491 g/mol. The lowest BCUT2D eigenvalue weighted by molar-refractivity contribution is -0.117. The number of nitrogens with one attached hydrogen (secondary N) is 2. The molecular weight excluding hydrogens is 462 g/mol. The van der Waals surface area contributed by atoms with Crippen molar-refractivity contribution < 1.29 is 14.4 Å². The topological polar surface area (TPSA) is 104 Å². The number of benzene rings is 2. The summed E-state index contributed by atoms with van der Waals surface area (Å²) in [6.07, 6.45) is 3.60. The van der Waals surface area contributed by atoms with Gasteiger partial charge in [0.25, 0.3) is 5.91 Å². The molecular formula is C26H29N5O3S. The van der Waals surface area contributed by atoms with Crippen LogP contribution in [0, 0.1) is 0 Å². The zero-order valence-electron chi connectivity index (χ0n) is 19.9. The Morgan fingerprint density at radius 1 is 1.03 bits per heavy atom. The Labute approximate surface area is 208 Å². The first-order chi connectivity index (χ1) is 17.0. The zero-order chi connectivity index (χ0) is 24.8. The van der Waals surface area contributed by atoms with Crippen LogP contribution in [0.3, 0.4) is 0 Å². The third-order valence-electron chi connectivity index (χ3n) is 5.98. The second-order valence-electron chi connectivity index (χ2n) is 8.55. The van der Waals surface area contributed by atoms with E-state index in [1.54, 1.807) is 29.2 Å². The fourth-order valence-corrected chi connectivity index (χ4v) is 4.75. The second-order valence-corrected chi connectivity index (χ2v) is 9.56. The van der Waals surface area contributed by atoms with Gasteiger partial charge in [-0.15, -0.1) is 10.2 Å². The second kappa shape index (κ2) is 11.2. The van der Waals surface area contributed by atoms with Gasteiger partial charge in [-0.05, 0) is 54.8 Å². The Morgan fingerprint density at radius 2 is 1.77 bits per heavy atom. The summed E-state index contributed by atoms with van der Waals surface area (Å²) >= 11 is 1.29. The summed E-state index contributed by atoms with van der Waals surface area (Å²) in [4.78, 5) is 38.9. The number of carbonyl (C=O) groups is 3. The molecule has 3 aromatic rings. The fraction of sp³-hybridized carbons (Fsp3) is 0.346. The molecule has 0 bridgehead atoms. The summed E-state index contributed by atoms with van der Waals surface area (Å²) in [6.45, 7) is 4.68. The summed E-state index contributed by atoms with van der Waals surface area (Å²) in [6, 6.07) is 14.8. The van der Waals surface area contributed by atoms with Crippen LogP contribution < -0.4 is 15.5 Å². The first-order valence-electron chi connectivity index (χ1n) is 11.9. The van der Waals surface area contributed by atoms with Gasteiger partial charge in [0.1, 0.15) is 5.01 Å². The van der Waals surface area contributed by atoms with E-state index in [1.807, 2.05) is 31.2 Å². The number of unbranched alkanes of at least 4 members (excludes halogenated alkanes) is 1. The first-order valence-corrected chi connectivity index (χ1v) is 12.7. The van der Waals surface area contributed by atoms with Crippen molar-refractivity contribution in [1.82, 2.24) is 10.2 Å². The van der Waals surface area contributed by atoms with Gasteiger partial charge in [0.15, 0.2) is 0 Å². The number of aromatic nitrogens is 2. The summed E-state index contributed by atoms with van der Waals surface area (Å²) in [7, 11) is 0. The molecule has 1 saturated heterocycles. The molecule has 1 unspecified atom stereocenters. The number of hydrogen-bond acceptors (Lipinski definition) is 6. The van der Waals surface area contributed by atoms with E-state index in [0.29, 0.717) is 35.8 Å². The average Bonchev–Trinajstić information content (AvgIpc) is 3.49. The third kappa shape index (κ3) is 6.10. The molecule has 0 spiro atoms. The minimum absolute atomic E-state index is 0.0348. The lowest BCUT2D eigenvalue weighted by atomic mass is 10.1. The van der Waals surface area contributed by atoms with Crippen LogP contribution >= 0.6 is 11.3 Å². The Hall–Kier alpha value is -3.59. The largest absolute Gasteiger partial charge is 0.326 e. The summed E-state index contributed by atoms with van der Waals surface area (Å²) in [5, 5.41) is 15.1. The molecule has 2 N–H and O–H groups in total. The number of nitrogens with zero attached hydrogens (tertiary/aromatic N) is 3. The van der Waals surface area contributed by atoms with Gasteiger partial charge < -0.3 is 10.2 Å². The Bertz CT molecular complexity index is 1190. The average molecular weight is 492 g/mol. The van der Waals surface area contributed by atoms with E-state index in [4.69, 9.17) is 0 Å². The molecule has 9 heteroatoms. The van der Waals surface area contributed by atoms with Gasteiger partial charge in [-0.25, -0.2) is 0 Å².